The molecule has 3 nitrogen and oxygen atoms in total. The van der Waals surface area contributed by atoms with E-state index < -0.39 is 12.6 Å². The fourth-order valence-electron chi connectivity index (χ4n) is 1.85. The highest BCUT2D eigenvalue weighted by Gasteiger charge is 2.26. The molecule has 0 aliphatic carbocycles. The molecule has 0 aliphatic rings. The molecule has 0 saturated carbocycles. The largest absolute Gasteiger partial charge is 0.390 e. The number of nitrogens with one attached hydrogen (secondary N) is 2. The van der Waals surface area contributed by atoms with Gasteiger partial charge in [0.15, 0.2) is 5.96 Å². The first kappa shape index (κ1) is 21.0. The summed E-state index contributed by atoms with van der Waals surface area (Å²) in [6.45, 7) is 3.84. The number of aliphatic imine (C=N–C) groups is 1. The van der Waals surface area contributed by atoms with Crippen molar-refractivity contribution in [2.45, 2.75) is 38.9 Å². The predicted octanol–water partition coefficient (Wildman–Crippen LogP) is 4.05. The van der Waals surface area contributed by atoms with Gasteiger partial charge in [0.05, 0.1) is 12.5 Å². The molecule has 0 aromatic heterocycles. The molecule has 0 heterocycles. The Bertz CT molecular complexity index is 458. The van der Waals surface area contributed by atoms with Crippen LogP contribution < -0.4 is 10.6 Å². The summed E-state index contributed by atoms with van der Waals surface area (Å²) < 4.78 is 36.3. The maximum absolute atomic E-state index is 12.1. The molecule has 0 amide bonds. The first-order chi connectivity index (χ1) is 9.85. The second kappa shape index (κ2) is 9.91. The molecule has 0 radical (unpaired) electrons. The Morgan fingerprint density at radius 3 is 2.27 bits per heavy atom. The van der Waals surface area contributed by atoms with Gasteiger partial charge in [0.1, 0.15) is 0 Å². The molecule has 0 spiro atoms. The quantitative estimate of drug-likeness (QED) is 0.421. The molecule has 0 fully saturated rings. The van der Waals surface area contributed by atoms with Crippen LogP contribution in [0.4, 0.5) is 13.2 Å². The third kappa shape index (κ3) is 7.86. The van der Waals surface area contributed by atoms with Crippen molar-refractivity contribution in [3.8, 4) is 0 Å². The van der Waals surface area contributed by atoms with Crippen LogP contribution in [-0.4, -0.2) is 25.7 Å². The lowest BCUT2D eigenvalue weighted by Gasteiger charge is -2.19. The van der Waals surface area contributed by atoms with Crippen molar-refractivity contribution in [1.82, 2.24) is 10.6 Å². The van der Waals surface area contributed by atoms with Crippen LogP contribution in [0.25, 0.3) is 0 Å². The number of halogens is 4. The average Bonchev–Trinajstić information content (AvgIpc) is 2.44. The summed E-state index contributed by atoms with van der Waals surface area (Å²) in [4.78, 5) is 3.93. The van der Waals surface area contributed by atoms with Crippen molar-refractivity contribution in [3.05, 3.63) is 35.4 Å². The molecule has 7 heteroatoms. The molecular formula is C15H23F3IN3. The number of nitrogens with zero attached hydrogens (tertiary/aromatic N) is 1. The first-order valence-corrected chi connectivity index (χ1v) is 6.98. The highest BCUT2D eigenvalue weighted by Crippen LogP contribution is 2.18. The third-order valence-electron chi connectivity index (χ3n) is 3.17. The molecule has 126 valence electrons. The Kier molecular flexibility index (Phi) is 9.47. The molecular weight excluding hydrogens is 406 g/mol. The summed E-state index contributed by atoms with van der Waals surface area (Å²) in [6.07, 6.45) is -4.07. The van der Waals surface area contributed by atoms with Crippen LogP contribution in [0.5, 0.6) is 0 Å². The summed E-state index contributed by atoms with van der Waals surface area (Å²) >= 11 is 0. The number of guanidine groups is 1. The Morgan fingerprint density at radius 2 is 1.82 bits per heavy atom. The van der Waals surface area contributed by atoms with E-state index >= 15 is 0 Å². The minimum atomic E-state index is -4.16. The fourth-order valence-corrected chi connectivity index (χ4v) is 1.85. The standard InChI is InChI=1S/C15H22F3N3.HI/c1-4-12-5-7-13(8-6-12)11(2)21-14(19-3)20-10-9-15(16,17)18;/h5-8,11H,4,9-10H2,1-3H3,(H2,19,20,21);1H. The van der Waals surface area contributed by atoms with E-state index in [1.807, 2.05) is 31.2 Å². The van der Waals surface area contributed by atoms with E-state index in [0.717, 1.165) is 12.0 Å². The Hall–Kier alpha value is -0.990. The summed E-state index contributed by atoms with van der Waals surface area (Å²) in [5, 5.41) is 5.75. The molecule has 1 rings (SSSR count). The summed E-state index contributed by atoms with van der Waals surface area (Å²) in [5.74, 6) is 0.367. The highest BCUT2D eigenvalue weighted by atomic mass is 127. The zero-order chi connectivity index (χ0) is 15.9. The van der Waals surface area contributed by atoms with Crippen LogP contribution in [-0.2, 0) is 6.42 Å². The van der Waals surface area contributed by atoms with Crippen molar-refractivity contribution in [1.29, 1.82) is 0 Å². The molecule has 1 atom stereocenters. The van der Waals surface area contributed by atoms with E-state index in [9.17, 15) is 13.2 Å². The number of hydrogen-bond donors (Lipinski definition) is 2. The zero-order valence-corrected chi connectivity index (χ0v) is 15.3. The van der Waals surface area contributed by atoms with Crippen molar-refractivity contribution in [3.63, 3.8) is 0 Å². The lowest BCUT2D eigenvalue weighted by Crippen LogP contribution is -2.40. The van der Waals surface area contributed by atoms with Crippen LogP contribution in [0.3, 0.4) is 0 Å². The van der Waals surface area contributed by atoms with E-state index in [1.54, 1.807) is 0 Å². The zero-order valence-electron chi connectivity index (χ0n) is 13.0. The van der Waals surface area contributed by atoms with Gasteiger partial charge in [0.25, 0.3) is 0 Å². The van der Waals surface area contributed by atoms with Gasteiger partial charge in [-0.1, -0.05) is 31.2 Å². The van der Waals surface area contributed by atoms with Gasteiger partial charge in [0, 0.05) is 13.6 Å². The van der Waals surface area contributed by atoms with Gasteiger partial charge in [-0.05, 0) is 24.5 Å². The molecule has 0 aliphatic heterocycles. The average molecular weight is 429 g/mol. The molecule has 1 aromatic rings. The van der Waals surface area contributed by atoms with Gasteiger partial charge in [-0.15, -0.1) is 24.0 Å². The van der Waals surface area contributed by atoms with E-state index in [1.165, 1.54) is 12.6 Å². The van der Waals surface area contributed by atoms with Gasteiger partial charge < -0.3 is 10.6 Å². The smallest absolute Gasteiger partial charge is 0.356 e. The van der Waals surface area contributed by atoms with Crippen LogP contribution in [0.15, 0.2) is 29.3 Å². The van der Waals surface area contributed by atoms with Crippen LogP contribution >= 0.6 is 24.0 Å². The van der Waals surface area contributed by atoms with E-state index in [2.05, 4.69) is 22.5 Å². The number of benzene rings is 1. The number of alkyl halides is 3. The molecule has 1 aromatic carbocycles. The third-order valence-corrected chi connectivity index (χ3v) is 3.17. The second-order valence-corrected chi connectivity index (χ2v) is 4.83. The lowest BCUT2D eigenvalue weighted by molar-refractivity contribution is -0.132. The fraction of sp³-hybridized carbons (Fsp3) is 0.533. The Balaban J connectivity index is 0.00000441. The van der Waals surface area contributed by atoms with E-state index in [-0.39, 0.29) is 36.6 Å². The molecule has 2 N–H and O–H groups in total. The Morgan fingerprint density at radius 1 is 1.23 bits per heavy atom. The topological polar surface area (TPSA) is 36.4 Å². The SMILES string of the molecule is CCc1ccc(C(C)NC(=NC)NCCC(F)(F)F)cc1.I. The molecule has 22 heavy (non-hydrogen) atoms. The second-order valence-electron chi connectivity index (χ2n) is 4.83. The monoisotopic (exact) mass is 429 g/mol. The Labute approximate surface area is 146 Å². The maximum Gasteiger partial charge on any atom is 0.390 e. The van der Waals surface area contributed by atoms with Crippen molar-refractivity contribution in [2.75, 3.05) is 13.6 Å². The maximum atomic E-state index is 12.1. The highest BCUT2D eigenvalue weighted by molar-refractivity contribution is 14.0. The predicted molar refractivity (Wildman–Crippen MR) is 94.8 cm³/mol. The van der Waals surface area contributed by atoms with Crippen molar-refractivity contribution in [2.24, 2.45) is 4.99 Å². The summed E-state index contributed by atoms with van der Waals surface area (Å²) in [5.41, 5.74) is 2.31. The van der Waals surface area contributed by atoms with E-state index in [4.69, 9.17) is 0 Å². The number of hydrogen-bond acceptors (Lipinski definition) is 1. The normalized spacial score (nSPS) is 13.3. The number of rotatable bonds is 5. The summed E-state index contributed by atoms with van der Waals surface area (Å²) in [6, 6.07) is 8.09. The molecule has 0 bridgehead atoms. The van der Waals surface area contributed by atoms with Gasteiger partial charge in [-0.2, -0.15) is 13.2 Å². The minimum absolute atomic E-state index is 0. The van der Waals surface area contributed by atoms with Crippen molar-refractivity contribution < 1.29 is 13.2 Å². The number of aryl methyl sites for hydroxylation is 1. The summed E-state index contributed by atoms with van der Waals surface area (Å²) in [7, 11) is 1.54. The van der Waals surface area contributed by atoms with E-state index in [0.29, 0.717) is 5.96 Å². The first-order valence-electron chi connectivity index (χ1n) is 6.98. The van der Waals surface area contributed by atoms with Gasteiger partial charge in [0.2, 0.25) is 0 Å². The van der Waals surface area contributed by atoms with Crippen LogP contribution in [0.1, 0.15) is 37.4 Å². The minimum Gasteiger partial charge on any atom is -0.356 e. The van der Waals surface area contributed by atoms with Gasteiger partial charge >= 0.3 is 6.18 Å². The molecule has 1 unspecified atom stereocenters. The van der Waals surface area contributed by atoms with Gasteiger partial charge in [-0.25, -0.2) is 0 Å². The lowest BCUT2D eigenvalue weighted by atomic mass is 10.1. The van der Waals surface area contributed by atoms with Crippen LogP contribution in [0.2, 0.25) is 0 Å². The van der Waals surface area contributed by atoms with Crippen molar-refractivity contribution >= 4 is 29.9 Å². The van der Waals surface area contributed by atoms with Gasteiger partial charge in [-0.3, -0.25) is 4.99 Å². The molecule has 0 saturated heterocycles. The van der Waals surface area contributed by atoms with Crippen LogP contribution in [0, 0.1) is 0 Å².